The third-order valence-electron chi connectivity index (χ3n) is 6.45. The molecule has 15 heteroatoms. The summed E-state index contributed by atoms with van der Waals surface area (Å²) >= 11 is 0. The Kier molecular flexibility index (Phi) is 9.13. The van der Waals surface area contributed by atoms with E-state index in [2.05, 4.69) is 8.92 Å². The van der Waals surface area contributed by atoms with Crippen molar-refractivity contribution in [1.29, 1.82) is 0 Å². The highest BCUT2D eigenvalue weighted by Crippen LogP contribution is 2.46. The number of fused-ring (bicyclic) bond motifs is 1. The predicted molar refractivity (Wildman–Crippen MR) is 138 cm³/mol. The van der Waals surface area contributed by atoms with Crippen molar-refractivity contribution in [3.05, 3.63) is 64.2 Å². The molecule has 2 atom stereocenters. The second-order valence-corrected chi connectivity index (χ2v) is 12.5. The van der Waals surface area contributed by atoms with Gasteiger partial charge in [0.1, 0.15) is 22.3 Å². The van der Waals surface area contributed by atoms with Crippen LogP contribution >= 0.6 is 0 Å². The number of methoxy groups -OCH3 is 1. The van der Waals surface area contributed by atoms with Crippen LogP contribution in [0.1, 0.15) is 59.8 Å². The Morgan fingerprint density at radius 3 is 2.24 bits per heavy atom. The highest BCUT2D eigenvalue weighted by atomic mass is 32.2. The van der Waals surface area contributed by atoms with Gasteiger partial charge in [-0.2, -0.15) is 30.0 Å². The molecule has 10 nitrogen and oxygen atoms in total. The zero-order valence-electron chi connectivity index (χ0n) is 22.6. The number of hydrogen-bond donors (Lipinski definition) is 0. The lowest BCUT2D eigenvalue weighted by molar-refractivity contribution is -0.141. The first-order chi connectivity index (χ1) is 18.9. The number of alkyl halides is 3. The fourth-order valence-corrected chi connectivity index (χ4v) is 5.39. The normalized spacial score (nSPS) is 16.5. The third kappa shape index (κ3) is 7.01. The van der Waals surface area contributed by atoms with Gasteiger partial charge in [-0.25, -0.2) is 4.79 Å². The molecule has 0 aliphatic carbocycles. The number of ether oxygens (including phenoxy) is 2. The molecular formula is C26H27F3O10S2. The maximum Gasteiger partial charge on any atom is 0.534 e. The van der Waals surface area contributed by atoms with Crippen molar-refractivity contribution >= 4 is 32.2 Å². The van der Waals surface area contributed by atoms with E-state index < -0.39 is 60.8 Å². The molecule has 2 aromatic carbocycles. The minimum atomic E-state index is -6.18. The number of rotatable bonds is 10. The Bertz CT molecular complexity index is 1590. The Morgan fingerprint density at radius 2 is 1.68 bits per heavy atom. The van der Waals surface area contributed by atoms with Crippen LogP contribution in [0.3, 0.4) is 0 Å². The number of allylic oxidation sites excluding steroid dienone is 1. The summed E-state index contributed by atoms with van der Waals surface area (Å²) in [5, 5.41) is 0. The number of aryl methyl sites for hydroxylation is 1. The average Bonchev–Trinajstić information content (AvgIpc) is 3.20. The van der Waals surface area contributed by atoms with Gasteiger partial charge in [0.25, 0.3) is 0 Å². The molecule has 2 aromatic rings. The van der Waals surface area contributed by atoms with Crippen LogP contribution in [-0.2, 0) is 34.5 Å². The summed E-state index contributed by atoms with van der Waals surface area (Å²) in [5.74, 6) is -3.45. The van der Waals surface area contributed by atoms with Crippen LogP contribution in [0.2, 0.25) is 0 Å². The number of halogens is 3. The number of cyclic esters (lactones) is 1. The summed E-state index contributed by atoms with van der Waals surface area (Å²) in [4.78, 5) is 24.2. The summed E-state index contributed by atoms with van der Waals surface area (Å²) in [7, 11) is -9.57. The van der Waals surface area contributed by atoms with Gasteiger partial charge >= 0.3 is 37.7 Å². The molecule has 0 aromatic heterocycles. The minimum absolute atomic E-state index is 0.0451. The Labute approximate surface area is 235 Å². The number of carbonyl (C=O) groups excluding carboxylic acids is 2. The molecular weight excluding hydrogens is 593 g/mol. The highest BCUT2D eigenvalue weighted by Gasteiger charge is 2.49. The molecule has 1 aliphatic heterocycles. The first-order valence-electron chi connectivity index (χ1n) is 12.0. The van der Waals surface area contributed by atoms with Crippen LogP contribution in [-0.4, -0.2) is 41.4 Å². The number of esters is 2. The average molecular weight is 621 g/mol. The van der Waals surface area contributed by atoms with Crippen molar-refractivity contribution in [3.8, 4) is 11.5 Å². The van der Waals surface area contributed by atoms with Crippen molar-refractivity contribution in [2.75, 3.05) is 7.11 Å². The second kappa shape index (κ2) is 11.7. The quantitative estimate of drug-likeness (QED) is 0.154. The molecule has 0 bridgehead atoms. The van der Waals surface area contributed by atoms with Crippen LogP contribution in [0.5, 0.6) is 11.5 Å². The second-order valence-electron chi connectivity index (χ2n) is 9.38. The lowest BCUT2D eigenvalue weighted by atomic mass is 9.93. The zero-order chi connectivity index (χ0) is 30.9. The molecule has 0 fully saturated rings. The molecule has 2 unspecified atom stereocenters. The van der Waals surface area contributed by atoms with E-state index in [1.807, 2.05) is 0 Å². The van der Waals surface area contributed by atoms with E-state index in [-0.39, 0.29) is 34.8 Å². The van der Waals surface area contributed by atoms with Crippen molar-refractivity contribution in [1.82, 2.24) is 0 Å². The first-order valence-corrected chi connectivity index (χ1v) is 14.8. The van der Waals surface area contributed by atoms with E-state index in [0.29, 0.717) is 11.6 Å². The van der Waals surface area contributed by atoms with Gasteiger partial charge in [0.05, 0.1) is 13.5 Å². The van der Waals surface area contributed by atoms with E-state index >= 15 is 0 Å². The lowest BCUT2D eigenvalue weighted by Gasteiger charge is -2.18. The van der Waals surface area contributed by atoms with Crippen molar-refractivity contribution in [2.24, 2.45) is 5.92 Å². The van der Waals surface area contributed by atoms with Gasteiger partial charge in [-0.05, 0) is 38.8 Å². The van der Waals surface area contributed by atoms with E-state index in [9.17, 15) is 39.6 Å². The Hall–Kier alpha value is -3.59. The van der Waals surface area contributed by atoms with E-state index in [1.165, 1.54) is 38.3 Å². The molecule has 0 spiro atoms. The summed E-state index contributed by atoms with van der Waals surface area (Å²) in [5.41, 5.74) is -5.10. The Morgan fingerprint density at radius 1 is 1.07 bits per heavy atom. The molecule has 1 heterocycles. The monoisotopic (exact) mass is 620 g/mol. The van der Waals surface area contributed by atoms with Gasteiger partial charge in [0, 0.05) is 23.6 Å². The molecule has 224 valence electrons. The topological polar surface area (TPSA) is 139 Å². The zero-order valence-corrected chi connectivity index (χ0v) is 24.2. The molecule has 41 heavy (non-hydrogen) atoms. The standard InChI is InChI=1S/C26H27F3O10S2/c1-14-6-9-18(10-7-14)40(32,33)38-21-13-20(39-41(34,35)26(27,28)29)17(4)23-19(37-25(31)24(21)23)11-8-15(2)16(3)12-22(30)36-5/h6-10,13,16,19H,11-12H2,1-5H3. The van der Waals surface area contributed by atoms with Gasteiger partial charge in [-0.1, -0.05) is 36.3 Å². The van der Waals surface area contributed by atoms with Gasteiger partial charge in [0.15, 0.2) is 5.75 Å². The van der Waals surface area contributed by atoms with E-state index in [4.69, 9.17) is 8.92 Å². The summed E-state index contributed by atoms with van der Waals surface area (Å²) < 4.78 is 109. The van der Waals surface area contributed by atoms with E-state index in [1.54, 1.807) is 26.8 Å². The molecule has 1 aliphatic rings. The third-order valence-corrected chi connectivity index (χ3v) is 8.67. The van der Waals surface area contributed by atoms with Gasteiger partial charge in [-0.15, -0.1) is 0 Å². The van der Waals surface area contributed by atoms with Gasteiger partial charge in [0.2, 0.25) is 0 Å². The molecule has 0 saturated carbocycles. The largest absolute Gasteiger partial charge is 0.534 e. The lowest BCUT2D eigenvalue weighted by Crippen LogP contribution is -2.28. The van der Waals surface area contributed by atoms with Crippen LogP contribution in [0.25, 0.3) is 0 Å². The van der Waals surface area contributed by atoms with Crippen molar-refractivity contribution < 1.29 is 57.4 Å². The van der Waals surface area contributed by atoms with Crippen LogP contribution in [0, 0.1) is 19.8 Å². The molecule has 3 rings (SSSR count). The fourth-order valence-electron chi connectivity index (χ4n) is 3.96. The maximum atomic E-state index is 13.1. The number of hydrogen-bond acceptors (Lipinski definition) is 10. The predicted octanol–water partition coefficient (Wildman–Crippen LogP) is 5.05. The molecule has 0 saturated heterocycles. The molecule has 0 amide bonds. The van der Waals surface area contributed by atoms with Crippen molar-refractivity contribution in [2.45, 2.75) is 57.0 Å². The van der Waals surface area contributed by atoms with Crippen LogP contribution in [0.4, 0.5) is 13.2 Å². The number of benzene rings is 2. The summed E-state index contributed by atoms with van der Waals surface area (Å²) in [6.45, 7) is 6.36. The first kappa shape index (κ1) is 31.9. The van der Waals surface area contributed by atoms with Gasteiger partial charge in [-0.3, -0.25) is 4.79 Å². The summed E-state index contributed by atoms with van der Waals surface area (Å²) in [6.07, 6.45) is 0.473. The van der Waals surface area contributed by atoms with Crippen LogP contribution < -0.4 is 8.37 Å². The fraction of sp³-hybridized carbons (Fsp3) is 0.385. The number of carbonyl (C=O) groups is 2. The summed E-state index contributed by atoms with van der Waals surface area (Å²) in [6, 6.07) is 5.97. The maximum absolute atomic E-state index is 13.1. The molecule has 0 radical (unpaired) electrons. The van der Waals surface area contributed by atoms with Crippen LogP contribution in [0.15, 0.2) is 46.9 Å². The highest BCUT2D eigenvalue weighted by molar-refractivity contribution is 7.88. The smallest absolute Gasteiger partial charge is 0.469 e. The molecule has 0 N–H and O–H groups in total. The SMILES string of the molecule is COC(=O)CC(C)C(C)=CCC1OC(=O)c2c(OS(=O)(=O)c3ccc(C)cc3)cc(OS(=O)(=O)C(F)(F)F)c(C)c21. The van der Waals surface area contributed by atoms with Crippen molar-refractivity contribution in [3.63, 3.8) is 0 Å². The van der Waals surface area contributed by atoms with E-state index in [0.717, 1.165) is 5.56 Å². The van der Waals surface area contributed by atoms with Gasteiger partial charge < -0.3 is 17.8 Å². The Balaban J connectivity index is 2.12. The minimum Gasteiger partial charge on any atom is -0.469 e.